The number of hydrogen-bond acceptors (Lipinski definition) is 4. The van der Waals surface area contributed by atoms with Crippen LogP contribution >= 0.6 is 0 Å². The molecule has 0 aromatic heterocycles. The van der Waals surface area contributed by atoms with Crippen LogP contribution in [-0.4, -0.2) is 60.3 Å². The van der Waals surface area contributed by atoms with Crippen LogP contribution in [0.5, 0.6) is 0 Å². The standard InChI is InChI=1S/C12H15F2NO5S/c13-12(14)6-11(12)3-7(4-11)9(16)15-1-2-21(19,20)5-8(15)10(17)18/h7-8H,1-6H2,(H,17,18). The molecule has 2 aliphatic carbocycles. The van der Waals surface area contributed by atoms with E-state index in [-0.39, 0.29) is 31.6 Å². The second kappa shape index (κ2) is 4.15. The molecule has 0 aromatic rings. The average molecular weight is 323 g/mol. The van der Waals surface area contributed by atoms with Gasteiger partial charge in [0, 0.05) is 24.3 Å². The smallest absolute Gasteiger partial charge is 0.327 e. The molecule has 2 saturated carbocycles. The van der Waals surface area contributed by atoms with E-state index in [0.29, 0.717) is 0 Å². The van der Waals surface area contributed by atoms with Crippen LogP contribution in [0.1, 0.15) is 19.3 Å². The van der Waals surface area contributed by atoms with Crippen molar-refractivity contribution in [2.75, 3.05) is 18.1 Å². The van der Waals surface area contributed by atoms with Crippen molar-refractivity contribution in [1.29, 1.82) is 0 Å². The van der Waals surface area contributed by atoms with E-state index in [2.05, 4.69) is 0 Å². The molecule has 1 N–H and O–H groups in total. The molecule has 3 aliphatic rings. The summed E-state index contributed by atoms with van der Waals surface area (Å²) < 4.78 is 49.2. The summed E-state index contributed by atoms with van der Waals surface area (Å²) in [5.74, 6) is -6.09. The molecule has 118 valence electrons. The summed E-state index contributed by atoms with van der Waals surface area (Å²) in [4.78, 5) is 24.4. The molecule has 1 spiro atoms. The number of rotatable bonds is 2. The monoisotopic (exact) mass is 323 g/mol. The highest BCUT2D eigenvalue weighted by atomic mass is 32.2. The molecule has 1 atom stereocenters. The lowest BCUT2D eigenvalue weighted by Crippen LogP contribution is -2.57. The summed E-state index contributed by atoms with van der Waals surface area (Å²) in [6, 6.07) is -1.41. The Morgan fingerprint density at radius 2 is 1.81 bits per heavy atom. The van der Waals surface area contributed by atoms with Crippen molar-refractivity contribution >= 4 is 21.7 Å². The van der Waals surface area contributed by atoms with Gasteiger partial charge in [0.25, 0.3) is 5.92 Å². The largest absolute Gasteiger partial charge is 0.480 e. The number of sulfone groups is 1. The van der Waals surface area contributed by atoms with E-state index in [0.717, 1.165) is 4.90 Å². The molecule has 6 nitrogen and oxygen atoms in total. The number of nitrogens with zero attached hydrogens (tertiary/aromatic N) is 1. The van der Waals surface area contributed by atoms with Crippen LogP contribution in [0.4, 0.5) is 8.78 Å². The second-order valence-electron chi connectivity index (χ2n) is 6.27. The van der Waals surface area contributed by atoms with Crippen LogP contribution < -0.4 is 0 Å². The van der Waals surface area contributed by atoms with Crippen molar-refractivity contribution < 1.29 is 31.9 Å². The fourth-order valence-corrected chi connectivity index (χ4v) is 4.84. The van der Waals surface area contributed by atoms with Gasteiger partial charge in [0.15, 0.2) is 9.84 Å². The number of aliphatic carboxylic acids is 1. The number of halogens is 2. The molecular formula is C12H15F2NO5S. The molecule has 1 aliphatic heterocycles. The summed E-state index contributed by atoms with van der Waals surface area (Å²) in [5, 5.41) is 9.08. The minimum atomic E-state index is -3.48. The van der Waals surface area contributed by atoms with Crippen LogP contribution in [0, 0.1) is 11.3 Å². The van der Waals surface area contributed by atoms with E-state index in [4.69, 9.17) is 5.11 Å². The first-order chi connectivity index (χ1) is 9.57. The highest BCUT2D eigenvalue weighted by Gasteiger charge is 2.76. The Balaban J connectivity index is 1.69. The number of carboxylic acids is 1. The van der Waals surface area contributed by atoms with Gasteiger partial charge in [0.1, 0.15) is 6.04 Å². The summed E-state index contributed by atoms with van der Waals surface area (Å²) >= 11 is 0. The Kier molecular flexibility index (Phi) is 2.90. The zero-order valence-corrected chi connectivity index (χ0v) is 11.9. The van der Waals surface area contributed by atoms with E-state index >= 15 is 0 Å². The van der Waals surface area contributed by atoms with Crippen molar-refractivity contribution in [1.82, 2.24) is 4.90 Å². The van der Waals surface area contributed by atoms with Gasteiger partial charge in [-0.15, -0.1) is 0 Å². The molecule has 1 heterocycles. The lowest BCUT2D eigenvalue weighted by Gasteiger charge is -2.41. The molecule has 1 amide bonds. The quantitative estimate of drug-likeness (QED) is 0.780. The predicted molar refractivity (Wildman–Crippen MR) is 66.5 cm³/mol. The number of amides is 1. The SMILES string of the molecule is O=C(O)C1CS(=O)(=O)CCN1C(=O)C1CC2(C1)CC2(F)F. The van der Waals surface area contributed by atoms with Gasteiger partial charge in [-0.25, -0.2) is 22.0 Å². The molecule has 21 heavy (non-hydrogen) atoms. The minimum absolute atomic E-state index is 0.0639. The first kappa shape index (κ1) is 14.7. The summed E-state index contributed by atoms with van der Waals surface area (Å²) in [5.41, 5.74) is -1.06. The van der Waals surface area contributed by atoms with Crippen molar-refractivity contribution in [3.63, 3.8) is 0 Å². The fraction of sp³-hybridized carbons (Fsp3) is 0.833. The van der Waals surface area contributed by atoms with Crippen LogP contribution in [0.3, 0.4) is 0 Å². The van der Waals surface area contributed by atoms with Gasteiger partial charge in [0.2, 0.25) is 5.91 Å². The summed E-state index contributed by atoms with van der Waals surface area (Å²) in [7, 11) is -3.48. The zero-order chi connectivity index (χ0) is 15.6. The Morgan fingerprint density at radius 1 is 1.24 bits per heavy atom. The van der Waals surface area contributed by atoms with Gasteiger partial charge in [-0.2, -0.15) is 0 Å². The number of alkyl halides is 2. The van der Waals surface area contributed by atoms with Gasteiger partial charge < -0.3 is 10.0 Å². The number of carbonyl (C=O) groups excluding carboxylic acids is 1. The van der Waals surface area contributed by atoms with Gasteiger partial charge in [0.05, 0.1) is 11.5 Å². The van der Waals surface area contributed by atoms with Crippen LogP contribution in [0.15, 0.2) is 0 Å². The average Bonchev–Trinajstić information content (AvgIpc) is 2.88. The van der Waals surface area contributed by atoms with Gasteiger partial charge in [-0.3, -0.25) is 4.79 Å². The maximum Gasteiger partial charge on any atom is 0.327 e. The second-order valence-corrected chi connectivity index (χ2v) is 8.50. The fourth-order valence-electron chi connectivity index (χ4n) is 3.39. The lowest BCUT2D eigenvalue weighted by atomic mass is 9.70. The zero-order valence-electron chi connectivity index (χ0n) is 11.1. The van der Waals surface area contributed by atoms with Crippen molar-refractivity contribution in [2.45, 2.75) is 31.2 Å². The van der Waals surface area contributed by atoms with E-state index in [9.17, 15) is 26.8 Å². The predicted octanol–water partition coefficient (Wildman–Crippen LogP) is 0.132. The Bertz CT molecular complexity index is 611. The lowest BCUT2D eigenvalue weighted by molar-refractivity contribution is -0.154. The van der Waals surface area contributed by atoms with E-state index in [1.807, 2.05) is 0 Å². The van der Waals surface area contributed by atoms with Gasteiger partial charge >= 0.3 is 5.97 Å². The van der Waals surface area contributed by atoms with Crippen molar-refractivity contribution in [2.24, 2.45) is 11.3 Å². The third-order valence-electron chi connectivity index (χ3n) is 4.83. The van der Waals surface area contributed by atoms with Crippen LogP contribution in [-0.2, 0) is 19.4 Å². The topological polar surface area (TPSA) is 91.8 Å². The maximum atomic E-state index is 13.1. The van der Waals surface area contributed by atoms with Crippen molar-refractivity contribution in [3.8, 4) is 0 Å². The number of carbonyl (C=O) groups is 2. The minimum Gasteiger partial charge on any atom is -0.480 e. The molecule has 0 bridgehead atoms. The molecule has 0 radical (unpaired) electrons. The molecule has 1 unspecified atom stereocenters. The van der Waals surface area contributed by atoms with E-state index < -0.39 is 50.8 Å². The molecule has 3 fully saturated rings. The Morgan fingerprint density at radius 3 is 2.29 bits per heavy atom. The van der Waals surface area contributed by atoms with E-state index in [1.54, 1.807) is 0 Å². The van der Waals surface area contributed by atoms with Crippen LogP contribution in [0.2, 0.25) is 0 Å². The van der Waals surface area contributed by atoms with Gasteiger partial charge in [-0.05, 0) is 12.8 Å². The first-order valence-electron chi connectivity index (χ1n) is 6.68. The highest BCUT2D eigenvalue weighted by molar-refractivity contribution is 7.91. The molecular weight excluding hydrogens is 308 g/mol. The first-order valence-corrected chi connectivity index (χ1v) is 8.51. The van der Waals surface area contributed by atoms with Crippen molar-refractivity contribution in [3.05, 3.63) is 0 Å². The van der Waals surface area contributed by atoms with Crippen LogP contribution in [0.25, 0.3) is 0 Å². The highest BCUT2D eigenvalue weighted by Crippen LogP contribution is 2.72. The Labute approximate surface area is 120 Å². The third kappa shape index (κ3) is 2.21. The molecule has 3 rings (SSSR count). The molecule has 0 aromatic carbocycles. The Hall–Kier alpha value is -1.25. The number of hydrogen-bond donors (Lipinski definition) is 1. The van der Waals surface area contributed by atoms with E-state index in [1.165, 1.54) is 0 Å². The molecule has 1 saturated heterocycles. The summed E-state index contributed by atoms with van der Waals surface area (Å²) in [6.45, 7) is -0.183. The number of carboxylic acid groups (broad SMARTS) is 1. The normalized spacial score (nSPS) is 39.6. The summed E-state index contributed by atoms with van der Waals surface area (Å²) in [6.07, 6.45) is -0.0800. The maximum absolute atomic E-state index is 13.1. The third-order valence-corrected chi connectivity index (χ3v) is 6.46. The van der Waals surface area contributed by atoms with Gasteiger partial charge in [-0.1, -0.05) is 0 Å². The molecule has 9 heteroatoms.